The molecular weight excluding hydrogens is 256 g/mol. The molecule has 0 aliphatic carbocycles. The summed E-state index contributed by atoms with van der Waals surface area (Å²) in [6.07, 6.45) is 1.29. The van der Waals surface area contributed by atoms with Gasteiger partial charge in [-0.1, -0.05) is 12.1 Å². The maximum absolute atomic E-state index is 12.5. The minimum Gasteiger partial charge on any atom is -0.268 e. The zero-order valence-corrected chi connectivity index (χ0v) is 10.9. The van der Waals surface area contributed by atoms with Crippen LogP contribution in [0.15, 0.2) is 18.3 Å². The van der Waals surface area contributed by atoms with Crippen LogP contribution >= 0.6 is 0 Å². The van der Waals surface area contributed by atoms with E-state index in [1.54, 1.807) is 26.0 Å². The maximum Gasteiger partial charge on any atom is 0.267 e. The minimum absolute atomic E-state index is 0.123. The summed E-state index contributed by atoms with van der Waals surface area (Å²) in [7, 11) is 0. The molecule has 1 aliphatic rings. The van der Waals surface area contributed by atoms with Gasteiger partial charge in [0.1, 0.15) is 11.6 Å². The van der Waals surface area contributed by atoms with Crippen LogP contribution in [-0.4, -0.2) is 22.0 Å². The van der Waals surface area contributed by atoms with E-state index in [1.807, 2.05) is 6.07 Å². The minimum atomic E-state index is -0.424. The van der Waals surface area contributed by atoms with E-state index in [-0.39, 0.29) is 11.4 Å². The summed E-state index contributed by atoms with van der Waals surface area (Å²) in [6, 6.07) is 5.52. The van der Waals surface area contributed by atoms with Crippen LogP contribution in [-0.2, 0) is 0 Å². The van der Waals surface area contributed by atoms with Crippen LogP contribution in [0.3, 0.4) is 0 Å². The molecular formula is C14H10N4O2. The monoisotopic (exact) mass is 266 g/mol. The molecule has 1 aliphatic heterocycles. The smallest absolute Gasteiger partial charge is 0.267 e. The number of aryl methyl sites for hydroxylation is 2. The summed E-state index contributed by atoms with van der Waals surface area (Å²) in [6.45, 7) is 3.57. The van der Waals surface area contributed by atoms with Crippen molar-refractivity contribution in [1.29, 1.82) is 5.26 Å². The van der Waals surface area contributed by atoms with Gasteiger partial charge in [0, 0.05) is 0 Å². The van der Waals surface area contributed by atoms with Gasteiger partial charge in [-0.25, -0.2) is 4.90 Å². The molecule has 2 amide bonds. The summed E-state index contributed by atoms with van der Waals surface area (Å²) in [5.41, 5.74) is 2.44. The Bertz CT molecular complexity index is 757. The summed E-state index contributed by atoms with van der Waals surface area (Å²) in [4.78, 5) is 26.0. The number of H-pyrrole nitrogens is 1. The van der Waals surface area contributed by atoms with Crippen molar-refractivity contribution < 1.29 is 9.59 Å². The lowest BCUT2D eigenvalue weighted by Gasteiger charge is -2.11. The Morgan fingerprint density at radius 2 is 1.70 bits per heavy atom. The first kappa shape index (κ1) is 12.1. The topological polar surface area (TPSA) is 89.8 Å². The third-order valence-electron chi connectivity index (χ3n) is 3.42. The van der Waals surface area contributed by atoms with Crippen molar-refractivity contribution in [3.05, 3.63) is 46.1 Å². The van der Waals surface area contributed by atoms with E-state index in [4.69, 9.17) is 5.26 Å². The van der Waals surface area contributed by atoms with Crippen molar-refractivity contribution in [2.45, 2.75) is 13.8 Å². The van der Waals surface area contributed by atoms with Gasteiger partial charge in [-0.2, -0.15) is 10.4 Å². The Hall–Kier alpha value is -2.94. The average Bonchev–Trinajstić information content (AvgIpc) is 2.97. The average molecular weight is 266 g/mol. The van der Waals surface area contributed by atoms with Crippen LogP contribution in [0.4, 0.5) is 5.82 Å². The van der Waals surface area contributed by atoms with E-state index in [2.05, 4.69) is 10.2 Å². The van der Waals surface area contributed by atoms with Crippen molar-refractivity contribution in [3.8, 4) is 6.07 Å². The fourth-order valence-electron chi connectivity index (χ4n) is 2.41. The van der Waals surface area contributed by atoms with Gasteiger partial charge in [-0.15, -0.1) is 0 Å². The van der Waals surface area contributed by atoms with Crippen molar-refractivity contribution in [1.82, 2.24) is 10.2 Å². The molecule has 1 aromatic heterocycles. The van der Waals surface area contributed by atoms with Crippen LogP contribution < -0.4 is 4.90 Å². The number of nitrogens with zero attached hydrogens (tertiary/aromatic N) is 3. The number of hydrogen-bond acceptors (Lipinski definition) is 4. The van der Waals surface area contributed by atoms with Gasteiger partial charge in [0.15, 0.2) is 5.82 Å². The predicted octanol–water partition coefficient (Wildman–Crippen LogP) is 1.70. The predicted molar refractivity (Wildman–Crippen MR) is 70.4 cm³/mol. The SMILES string of the molecule is Cc1ccc(C)c2c1C(=O)N(c1[nH]ncc1C#N)C2=O. The largest absolute Gasteiger partial charge is 0.268 e. The van der Waals surface area contributed by atoms with Gasteiger partial charge in [0.25, 0.3) is 11.8 Å². The molecule has 3 rings (SSSR count). The second-order valence-electron chi connectivity index (χ2n) is 4.64. The molecule has 2 heterocycles. The van der Waals surface area contributed by atoms with Crippen LogP contribution in [0.1, 0.15) is 37.4 Å². The molecule has 6 heteroatoms. The van der Waals surface area contributed by atoms with Crippen LogP contribution in [0.2, 0.25) is 0 Å². The number of aromatic nitrogens is 2. The van der Waals surface area contributed by atoms with Gasteiger partial charge in [0.2, 0.25) is 0 Å². The van der Waals surface area contributed by atoms with E-state index >= 15 is 0 Å². The first-order valence-corrected chi connectivity index (χ1v) is 5.98. The molecule has 0 spiro atoms. The van der Waals surface area contributed by atoms with Crippen LogP contribution in [0.5, 0.6) is 0 Å². The van der Waals surface area contributed by atoms with E-state index < -0.39 is 11.8 Å². The molecule has 6 nitrogen and oxygen atoms in total. The number of anilines is 1. The lowest BCUT2D eigenvalue weighted by atomic mass is 9.99. The molecule has 0 saturated heterocycles. The molecule has 0 fully saturated rings. The Balaban J connectivity index is 2.23. The number of nitriles is 1. The maximum atomic E-state index is 12.5. The molecule has 0 atom stereocenters. The fraction of sp³-hybridized carbons (Fsp3) is 0.143. The van der Waals surface area contributed by atoms with Gasteiger partial charge in [-0.05, 0) is 25.0 Å². The lowest BCUT2D eigenvalue weighted by Crippen LogP contribution is -2.30. The van der Waals surface area contributed by atoms with Gasteiger partial charge >= 0.3 is 0 Å². The highest BCUT2D eigenvalue weighted by atomic mass is 16.2. The molecule has 98 valence electrons. The normalized spacial score (nSPS) is 13.6. The number of benzene rings is 1. The van der Waals surface area contributed by atoms with E-state index in [0.717, 1.165) is 16.0 Å². The molecule has 0 bridgehead atoms. The van der Waals surface area contributed by atoms with E-state index in [1.165, 1.54) is 6.20 Å². The zero-order chi connectivity index (χ0) is 14.4. The van der Waals surface area contributed by atoms with Gasteiger partial charge in [-0.3, -0.25) is 14.7 Å². The molecule has 0 radical (unpaired) electrons. The number of fused-ring (bicyclic) bond motifs is 1. The second-order valence-corrected chi connectivity index (χ2v) is 4.64. The first-order chi connectivity index (χ1) is 9.56. The standard InChI is InChI=1S/C14H10N4O2/c1-7-3-4-8(2)11-10(7)13(19)18(14(11)20)12-9(5-15)6-16-17-12/h3-4,6H,1-2H3,(H,16,17). The summed E-state index contributed by atoms with van der Waals surface area (Å²) >= 11 is 0. The number of carbonyl (C=O) groups excluding carboxylic acids is 2. The van der Waals surface area contributed by atoms with Gasteiger partial charge < -0.3 is 0 Å². The summed E-state index contributed by atoms with van der Waals surface area (Å²) < 4.78 is 0. The Morgan fingerprint density at radius 3 is 2.20 bits per heavy atom. The fourth-order valence-corrected chi connectivity index (χ4v) is 2.41. The van der Waals surface area contributed by atoms with E-state index in [0.29, 0.717) is 11.1 Å². The number of amides is 2. The number of rotatable bonds is 1. The highest BCUT2D eigenvalue weighted by molar-refractivity contribution is 6.35. The highest BCUT2D eigenvalue weighted by Gasteiger charge is 2.40. The van der Waals surface area contributed by atoms with Crippen molar-refractivity contribution in [2.75, 3.05) is 4.90 Å². The Morgan fingerprint density at radius 1 is 1.15 bits per heavy atom. The number of imide groups is 1. The molecule has 0 saturated carbocycles. The number of hydrogen-bond donors (Lipinski definition) is 1. The molecule has 1 N–H and O–H groups in total. The zero-order valence-electron chi connectivity index (χ0n) is 10.9. The number of aromatic amines is 1. The van der Waals surface area contributed by atoms with Crippen molar-refractivity contribution >= 4 is 17.6 Å². The summed E-state index contributed by atoms with van der Waals surface area (Å²) in [5, 5.41) is 15.3. The van der Waals surface area contributed by atoms with Crippen molar-refractivity contribution in [2.24, 2.45) is 0 Å². The summed E-state index contributed by atoms with van der Waals surface area (Å²) in [5.74, 6) is -0.726. The van der Waals surface area contributed by atoms with E-state index in [9.17, 15) is 9.59 Å². The first-order valence-electron chi connectivity index (χ1n) is 5.98. The highest BCUT2D eigenvalue weighted by Crippen LogP contribution is 2.32. The number of nitrogens with one attached hydrogen (secondary N) is 1. The third kappa shape index (κ3) is 1.40. The Kier molecular flexibility index (Phi) is 2.44. The molecule has 2 aromatic rings. The van der Waals surface area contributed by atoms with Gasteiger partial charge in [0.05, 0.1) is 17.3 Å². The molecule has 20 heavy (non-hydrogen) atoms. The lowest BCUT2D eigenvalue weighted by molar-refractivity contribution is 0.0924. The Labute approximate surface area is 114 Å². The molecule has 1 aromatic carbocycles. The quantitative estimate of drug-likeness (QED) is 0.795. The van der Waals surface area contributed by atoms with Crippen molar-refractivity contribution in [3.63, 3.8) is 0 Å². The second kappa shape index (κ2) is 4.03. The van der Waals surface area contributed by atoms with Crippen LogP contribution in [0.25, 0.3) is 0 Å². The molecule has 0 unspecified atom stereocenters. The van der Waals surface area contributed by atoms with Crippen LogP contribution in [0, 0.1) is 25.2 Å². The number of carbonyl (C=O) groups is 2. The third-order valence-corrected chi connectivity index (χ3v) is 3.42.